The zero-order valence-corrected chi connectivity index (χ0v) is 14.9. The molecule has 1 aromatic carbocycles. The molecule has 140 valence electrons. The Hall–Kier alpha value is -2.44. The van der Waals surface area contributed by atoms with Crippen molar-refractivity contribution in [1.29, 1.82) is 0 Å². The molecule has 1 aliphatic rings. The third-order valence-corrected chi connectivity index (χ3v) is 4.50. The Morgan fingerprint density at radius 3 is 3.00 bits per heavy atom. The number of hydrogen-bond acceptors (Lipinski definition) is 4. The van der Waals surface area contributed by atoms with E-state index in [2.05, 4.69) is 20.1 Å². The summed E-state index contributed by atoms with van der Waals surface area (Å²) in [4.78, 5) is 11.9. The van der Waals surface area contributed by atoms with E-state index in [1.807, 2.05) is 0 Å². The van der Waals surface area contributed by atoms with Crippen LogP contribution >= 0.6 is 0 Å². The van der Waals surface area contributed by atoms with E-state index >= 15 is 0 Å². The topological polar surface area (TPSA) is 69.0 Å². The third kappa shape index (κ3) is 5.03. The molecule has 0 saturated carbocycles. The Balaban J connectivity index is 1.33. The Labute approximate surface area is 152 Å². The number of ether oxygens (including phenoxy) is 1. The molecule has 0 atom stereocenters. The maximum absolute atomic E-state index is 13.4. The monoisotopic (exact) mass is 360 g/mol. The van der Waals surface area contributed by atoms with Gasteiger partial charge in [-0.2, -0.15) is 0 Å². The molecule has 0 fully saturated rings. The molecule has 0 spiro atoms. The van der Waals surface area contributed by atoms with E-state index in [0.717, 1.165) is 31.0 Å². The van der Waals surface area contributed by atoms with Crippen molar-refractivity contribution in [1.82, 2.24) is 20.1 Å². The Morgan fingerprint density at radius 1 is 1.23 bits per heavy atom. The fraction of sp³-hybridized carbons (Fsp3) is 0.526. The Bertz CT molecular complexity index is 732. The minimum atomic E-state index is -0.385. The molecular formula is C19H25FN4O2. The lowest BCUT2D eigenvalue weighted by atomic mass is 10.2. The predicted octanol–water partition coefficient (Wildman–Crippen LogP) is 2.66. The van der Waals surface area contributed by atoms with E-state index < -0.39 is 0 Å². The molecule has 0 bridgehead atoms. The molecule has 6 nitrogen and oxygen atoms in total. The van der Waals surface area contributed by atoms with Crippen molar-refractivity contribution in [3.8, 4) is 5.75 Å². The maximum atomic E-state index is 13.4. The van der Waals surface area contributed by atoms with Crippen LogP contribution in [0.4, 0.5) is 4.39 Å². The number of carbonyl (C=O) groups is 1. The summed E-state index contributed by atoms with van der Waals surface area (Å²) in [5.41, 5.74) is 0. The van der Waals surface area contributed by atoms with Gasteiger partial charge in [0.1, 0.15) is 11.6 Å². The van der Waals surface area contributed by atoms with Crippen LogP contribution in [-0.4, -0.2) is 33.8 Å². The molecule has 1 N–H and O–H groups in total. The van der Waals surface area contributed by atoms with Gasteiger partial charge in [-0.3, -0.25) is 4.79 Å². The molecule has 2 heterocycles. The first-order valence-corrected chi connectivity index (χ1v) is 9.29. The average Bonchev–Trinajstić information content (AvgIpc) is 2.87. The summed E-state index contributed by atoms with van der Waals surface area (Å²) in [6, 6.07) is 6.27. The molecule has 0 saturated heterocycles. The first-order chi connectivity index (χ1) is 12.7. The molecule has 7 heteroatoms. The average molecular weight is 360 g/mol. The summed E-state index contributed by atoms with van der Waals surface area (Å²) in [6.45, 7) is 1.83. The molecule has 0 radical (unpaired) electrons. The lowest BCUT2D eigenvalue weighted by Crippen LogP contribution is -2.26. The van der Waals surface area contributed by atoms with Crippen LogP contribution in [0, 0.1) is 5.82 Å². The van der Waals surface area contributed by atoms with Crippen LogP contribution in [0.3, 0.4) is 0 Å². The van der Waals surface area contributed by atoms with Crippen LogP contribution in [0.1, 0.15) is 43.8 Å². The number of para-hydroxylation sites is 1. The number of aromatic nitrogens is 3. The summed E-state index contributed by atoms with van der Waals surface area (Å²) in [5.74, 6) is 1.82. The number of halogens is 1. The number of nitrogens with zero attached hydrogens (tertiary/aromatic N) is 3. The standard InChI is InChI=1S/C19H25FN4O2/c20-15-7-3-4-8-16(15)26-14-6-10-19(25)21-12-11-18-23-22-17-9-2-1-5-13-24(17)18/h3-4,7-8H,1-2,5-6,9-14H2,(H,21,25). The van der Waals surface area contributed by atoms with Crippen LogP contribution in [0.5, 0.6) is 5.75 Å². The SMILES string of the molecule is O=C(CCCOc1ccccc1F)NCCc1nnc2n1CCCCC2. The van der Waals surface area contributed by atoms with Gasteiger partial charge < -0.3 is 14.6 Å². The minimum absolute atomic E-state index is 0.0299. The van der Waals surface area contributed by atoms with Gasteiger partial charge in [0.15, 0.2) is 11.6 Å². The van der Waals surface area contributed by atoms with Crippen molar-refractivity contribution in [3.63, 3.8) is 0 Å². The number of amides is 1. The number of carbonyl (C=O) groups excluding carboxylic acids is 1. The lowest BCUT2D eigenvalue weighted by molar-refractivity contribution is -0.121. The zero-order chi connectivity index (χ0) is 18.2. The molecular weight excluding hydrogens is 335 g/mol. The highest BCUT2D eigenvalue weighted by Crippen LogP contribution is 2.16. The minimum Gasteiger partial charge on any atom is -0.491 e. The van der Waals surface area contributed by atoms with Gasteiger partial charge in [0.2, 0.25) is 5.91 Å². The fourth-order valence-corrected chi connectivity index (χ4v) is 3.11. The molecule has 0 aliphatic carbocycles. The summed E-state index contributed by atoms with van der Waals surface area (Å²) in [5, 5.41) is 11.4. The number of nitrogens with one attached hydrogen (secondary N) is 1. The summed E-state index contributed by atoms with van der Waals surface area (Å²) in [7, 11) is 0. The van der Waals surface area contributed by atoms with Gasteiger partial charge in [-0.25, -0.2) is 4.39 Å². The van der Waals surface area contributed by atoms with Crippen molar-refractivity contribution in [2.24, 2.45) is 0 Å². The first kappa shape index (κ1) is 18.4. The number of benzene rings is 1. The zero-order valence-electron chi connectivity index (χ0n) is 14.9. The van der Waals surface area contributed by atoms with Gasteiger partial charge in [-0.05, 0) is 31.4 Å². The second-order valence-corrected chi connectivity index (χ2v) is 6.48. The van der Waals surface area contributed by atoms with Crippen molar-refractivity contribution in [2.45, 2.75) is 51.5 Å². The van der Waals surface area contributed by atoms with E-state index in [1.54, 1.807) is 18.2 Å². The lowest BCUT2D eigenvalue weighted by Gasteiger charge is -2.09. The summed E-state index contributed by atoms with van der Waals surface area (Å²) < 4.78 is 20.9. The van der Waals surface area contributed by atoms with Gasteiger partial charge in [-0.1, -0.05) is 18.6 Å². The van der Waals surface area contributed by atoms with E-state index in [9.17, 15) is 9.18 Å². The molecule has 1 aromatic heterocycles. The predicted molar refractivity (Wildman–Crippen MR) is 95.4 cm³/mol. The number of fused-ring (bicyclic) bond motifs is 1. The molecule has 1 aliphatic heterocycles. The number of rotatable bonds is 8. The van der Waals surface area contributed by atoms with Crippen LogP contribution in [0.2, 0.25) is 0 Å². The highest BCUT2D eigenvalue weighted by molar-refractivity contribution is 5.75. The second-order valence-electron chi connectivity index (χ2n) is 6.48. The third-order valence-electron chi connectivity index (χ3n) is 4.50. The van der Waals surface area contributed by atoms with Crippen LogP contribution in [-0.2, 0) is 24.2 Å². The van der Waals surface area contributed by atoms with E-state index in [1.165, 1.54) is 18.9 Å². The Morgan fingerprint density at radius 2 is 2.12 bits per heavy atom. The molecule has 3 rings (SSSR count). The van der Waals surface area contributed by atoms with Crippen molar-refractivity contribution >= 4 is 5.91 Å². The highest BCUT2D eigenvalue weighted by atomic mass is 19.1. The molecule has 26 heavy (non-hydrogen) atoms. The van der Waals surface area contributed by atoms with Gasteiger partial charge in [0.05, 0.1) is 6.61 Å². The number of hydrogen-bond donors (Lipinski definition) is 1. The fourth-order valence-electron chi connectivity index (χ4n) is 3.11. The Kier molecular flexibility index (Phi) is 6.57. The van der Waals surface area contributed by atoms with Crippen LogP contribution in [0.25, 0.3) is 0 Å². The van der Waals surface area contributed by atoms with Crippen molar-refractivity contribution < 1.29 is 13.9 Å². The molecule has 0 unspecified atom stereocenters. The number of aryl methyl sites for hydroxylation is 1. The largest absolute Gasteiger partial charge is 0.491 e. The van der Waals surface area contributed by atoms with Crippen molar-refractivity contribution in [3.05, 3.63) is 41.7 Å². The first-order valence-electron chi connectivity index (χ1n) is 9.29. The molecule has 1 amide bonds. The van der Waals surface area contributed by atoms with E-state index in [-0.39, 0.29) is 17.5 Å². The van der Waals surface area contributed by atoms with Gasteiger partial charge >= 0.3 is 0 Å². The van der Waals surface area contributed by atoms with Gasteiger partial charge in [-0.15, -0.1) is 10.2 Å². The quantitative estimate of drug-likeness (QED) is 0.735. The van der Waals surface area contributed by atoms with Crippen molar-refractivity contribution in [2.75, 3.05) is 13.2 Å². The maximum Gasteiger partial charge on any atom is 0.220 e. The van der Waals surface area contributed by atoms with Crippen LogP contribution < -0.4 is 10.1 Å². The van der Waals surface area contributed by atoms with E-state index in [4.69, 9.17) is 4.74 Å². The second kappa shape index (κ2) is 9.31. The van der Waals surface area contributed by atoms with Crippen LogP contribution in [0.15, 0.2) is 24.3 Å². The summed E-state index contributed by atoms with van der Waals surface area (Å²) >= 11 is 0. The van der Waals surface area contributed by atoms with E-state index in [0.29, 0.717) is 32.4 Å². The van der Waals surface area contributed by atoms with Gasteiger partial charge in [0.25, 0.3) is 0 Å². The summed E-state index contributed by atoms with van der Waals surface area (Å²) in [6.07, 6.45) is 6.13. The smallest absolute Gasteiger partial charge is 0.220 e. The molecule has 2 aromatic rings. The van der Waals surface area contributed by atoms with Gasteiger partial charge in [0, 0.05) is 32.4 Å². The highest BCUT2D eigenvalue weighted by Gasteiger charge is 2.14. The normalized spacial score (nSPS) is 13.7.